The molecule has 2 fully saturated rings. The van der Waals surface area contributed by atoms with Gasteiger partial charge in [-0.25, -0.2) is 4.98 Å². The van der Waals surface area contributed by atoms with Crippen molar-refractivity contribution >= 4 is 39.8 Å². The normalized spacial score (nSPS) is 19.7. The SMILES string of the molecule is C=C(Cn1ccnc1)C(=O)N1CCN(c2nc(OC[C@@H]3CCCN3C)nc3c2CCN(c2cccc4cccc(Cl)c24)C3)C[C@@H]1CC#N. The van der Waals surface area contributed by atoms with E-state index in [-0.39, 0.29) is 18.4 Å². The Hall–Kier alpha value is -4.66. The maximum Gasteiger partial charge on any atom is 0.318 e. The molecule has 0 aliphatic carbocycles. The Balaban J connectivity index is 1.17. The number of nitrogens with zero attached hydrogens (tertiary/aromatic N) is 9. The highest BCUT2D eigenvalue weighted by molar-refractivity contribution is 6.36. The fourth-order valence-electron chi connectivity index (χ4n) is 7.29. The molecule has 7 rings (SSSR count). The molecule has 3 aliphatic rings. The van der Waals surface area contributed by atoms with Gasteiger partial charge in [-0.15, -0.1) is 0 Å². The Labute approximate surface area is 286 Å². The van der Waals surface area contributed by atoms with Gasteiger partial charge in [0.1, 0.15) is 12.4 Å². The van der Waals surface area contributed by atoms with Gasteiger partial charge in [-0.05, 0) is 50.4 Å². The van der Waals surface area contributed by atoms with Crippen molar-refractivity contribution in [3.63, 3.8) is 0 Å². The van der Waals surface area contributed by atoms with Crippen LogP contribution in [0.2, 0.25) is 5.02 Å². The summed E-state index contributed by atoms with van der Waals surface area (Å²) in [5.41, 5.74) is 3.55. The number of likely N-dealkylation sites (N-methyl/N-ethyl adjacent to an activating group) is 1. The van der Waals surface area contributed by atoms with E-state index in [9.17, 15) is 10.1 Å². The van der Waals surface area contributed by atoms with Gasteiger partial charge in [0.25, 0.3) is 5.91 Å². The summed E-state index contributed by atoms with van der Waals surface area (Å²) in [6.07, 6.45) is 8.34. The molecule has 2 atom stereocenters. The van der Waals surface area contributed by atoms with Gasteiger partial charge in [0.05, 0.1) is 48.7 Å². The molecule has 4 aromatic rings. The average molecular weight is 666 g/mol. The second-order valence-corrected chi connectivity index (χ2v) is 13.3. The van der Waals surface area contributed by atoms with Crippen molar-refractivity contribution in [3.05, 3.63) is 83.6 Å². The molecule has 2 aromatic heterocycles. The maximum absolute atomic E-state index is 13.6. The largest absolute Gasteiger partial charge is 0.462 e. The predicted molar refractivity (Wildman–Crippen MR) is 186 cm³/mol. The van der Waals surface area contributed by atoms with E-state index in [2.05, 4.69) is 63.6 Å². The number of benzene rings is 2. The molecule has 3 aliphatic heterocycles. The van der Waals surface area contributed by atoms with Gasteiger partial charge < -0.3 is 28.9 Å². The van der Waals surface area contributed by atoms with E-state index in [4.69, 9.17) is 26.3 Å². The van der Waals surface area contributed by atoms with Crippen molar-refractivity contribution in [3.8, 4) is 12.1 Å². The molecule has 48 heavy (non-hydrogen) atoms. The third-order valence-electron chi connectivity index (χ3n) is 9.88. The number of hydrogen-bond acceptors (Lipinski definition) is 9. The zero-order chi connectivity index (χ0) is 33.2. The summed E-state index contributed by atoms with van der Waals surface area (Å²) in [6.45, 7) is 8.88. The van der Waals surface area contributed by atoms with Gasteiger partial charge in [-0.2, -0.15) is 15.2 Å². The number of aromatic nitrogens is 4. The molecule has 0 unspecified atom stereocenters. The number of carbonyl (C=O) groups is 1. The highest BCUT2D eigenvalue weighted by atomic mass is 35.5. The van der Waals surface area contributed by atoms with Crippen LogP contribution in [0.5, 0.6) is 6.01 Å². The summed E-state index contributed by atoms with van der Waals surface area (Å²) in [5, 5.41) is 12.6. The monoisotopic (exact) mass is 665 g/mol. The molecule has 0 spiro atoms. The first-order valence-corrected chi connectivity index (χ1v) is 17.0. The van der Waals surface area contributed by atoms with E-state index in [1.165, 1.54) is 0 Å². The van der Waals surface area contributed by atoms with Gasteiger partial charge in [-0.3, -0.25) is 4.79 Å². The van der Waals surface area contributed by atoms with Crippen LogP contribution in [-0.4, -0.2) is 93.7 Å². The van der Waals surface area contributed by atoms with Crippen LogP contribution in [0.4, 0.5) is 11.5 Å². The van der Waals surface area contributed by atoms with Gasteiger partial charge in [-0.1, -0.05) is 42.4 Å². The Kier molecular flexibility index (Phi) is 9.19. The van der Waals surface area contributed by atoms with Crippen LogP contribution in [-0.2, 0) is 24.3 Å². The highest BCUT2D eigenvalue weighted by Crippen LogP contribution is 2.37. The van der Waals surface area contributed by atoms with Crippen LogP contribution in [0.3, 0.4) is 0 Å². The van der Waals surface area contributed by atoms with E-state index in [1.54, 1.807) is 17.4 Å². The first-order chi connectivity index (χ1) is 23.4. The summed E-state index contributed by atoms with van der Waals surface area (Å²) in [7, 11) is 2.13. The van der Waals surface area contributed by atoms with Crippen LogP contribution in [0.15, 0.2) is 67.3 Å². The number of rotatable bonds is 9. The number of likely N-dealkylation sites (tertiary alicyclic amines) is 1. The van der Waals surface area contributed by atoms with Gasteiger partial charge in [0.2, 0.25) is 0 Å². The number of carbonyl (C=O) groups excluding carboxylic acids is 1. The summed E-state index contributed by atoms with van der Waals surface area (Å²) in [4.78, 5) is 36.3. The van der Waals surface area contributed by atoms with Gasteiger partial charge >= 0.3 is 6.01 Å². The highest BCUT2D eigenvalue weighted by Gasteiger charge is 2.35. The third-order valence-corrected chi connectivity index (χ3v) is 10.2. The molecule has 5 heterocycles. The number of imidazole rings is 1. The fraction of sp³-hybridized carbons (Fsp3) is 0.417. The van der Waals surface area contributed by atoms with Gasteiger partial charge in [0.15, 0.2) is 0 Å². The molecule has 0 radical (unpaired) electrons. The number of halogens is 1. The quantitative estimate of drug-likeness (QED) is 0.235. The zero-order valence-electron chi connectivity index (χ0n) is 27.3. The van der Waals surface area contributed by atoms with Crippen molar-refractivity contribution in [2.45, 2.75) is 50.9 Å². The molecule has 2 saturated heterocycles. The number of ether oxygens (including phenoxy) is 1. The van der Waals surface area contributed by atoms with Crippen molar-refractivity contribution in [2.24, 2.45) is 0 Å². The maximum atomic E-state index is 13.6. The molecule has 0 saturated carbocycles. The lowest BCUT2D eigenvalue weighted by Gasteiger charge is -2.42. The van der Waals surface area contributed by atoms with E-state index in [0.29, 0.717) is 57.0 Å². The summed E-state index contributed by atoms with van der Waals surface area (Å²) >= 11 is 6.73. The van der Waals surface area contributed by atoms with Crippen molar-refractivity contribution < 1.29 is 9.53 Å². The number of anilines is 2. The van der Waals surface area contributed by atoms with Crippen molar-refractivity contribution in [1.29, 1.82) is 5.26 Å². The second-order valence-electron chi connectivity index (χ2n) is 12.9. The summed E-state index contributed by atoms with van der Waals surface area (Å²) in [6, 6.07) is 15.0. The second kappa shape index (κ2) is 13.8. The molecule has 1 amide bonds. The molecule has 0 bridgehead atoms. The van der Waals surface area contributed by atoms with Crippen LogP contribution in [0, 0.1) is 11.3 Å². The predicted octanol–water partition coefficient (Wildman–Crippen LogP) is 4.70. The minimum Gasteiger partial charge on any atom is -0.462 e. The Bertz CT molecular complexity index is 1850. The molecule has 11 nitrogen and oxygen atoms in total. The number of piperazine rings is 1. The number of hydrogen-bond donors (Lipinski definition) is 0. The number of fused-ring (bicyclic) bond motifs is 2. The van der Waals surface area contributed by atoms with Crippen molar-refractivity contribution in [2.75, 3.05) is 56.2 Å². The van der Waals surface area contributed by atoms with Crippen LogP contribution in [0.25, 0.3) is 10.8 Å². The lowest BCUT2D eigenvalue weighted by molar-refractivity contribution is -0.129. The first-order valence-electron chi connectivity index (χ1n) is 16.6. The van der Waals surface area contributed by atoms with Crippen molar-refractivity contribution in [1.82, 2.24) is 29.3 Å². The topological polar surface area (TPSA) is 107 Å². The molecule has 12 heteroatoms. The number of amides is 1. The Morgan fingerprint density at radius 1 is 1.10 bits per heavy atom. The fourth-order valence-corrected chi connectivity index (χ4v) is 7.57. The lowest BCUT2D eigenvalue weighted by atomic mass is 10.0. The summed E-state index contributed by atoms with van der Waals surface area (Å²) in [5.74, 6) is 0.695. The minimum atomic E-state index is -0.309. The van der Waals surface area contributed by atoms with Crippen LogP contribution < -0.4 is 14.5 Å². The molecular formula is C36H40ClN9O2. The molecule has 0 N–H and O–H groups in total. The Morgan fingerprint density at radius 2 is 1.96 bits per heavy atom. The van der Waals surface area contributed by atoms with E-state index in [0.717, 1.165) is 70.9 Å². The first kappa shape index (κ1) is 31.9. The smallest absolute Gasteiger partial charge is 0.318 e. The summed E-state index contributed by atoms with van der Waals surface area (Å²) < 4.78 is 8.16. The molecule has 248 valence electrons. The van der Waals surface area contributed by atoms with Gasteiger partial charge in [0, 0.05) is 66.8 Å². The van der Waals surface area contributed by atoms with Crippen LogP contribution in [0.1, 0.15) is 30.5 Å². The molecular weight excluding hydrogens is 626 g/mol. The van der Waals surface area contributed by atoms with E-state index < -0.39 is 0 Å². The zero-order valence-corrected chi connectivity index (χ0v) is 28.0. The average Bonchev–Trinajstić information content (AvgIpc) is 3.77. The third kappa shape index (κ3) is 6.42. The minimum absolute atomic E-state index is 0.137. The standard InChI is InChI=1S/C36H40ClN9O2/c1-25(20-43-17-14-39-24-43)35(47)46-19-18-45(21-27(46)11-13-38)34-29-12-16-44(32-10-4-7-26-6-3-9-30(37)33(26)32)22-31(29)40-36(41-34)48-23-28-8-5-15-42(28)2/h3-4,6-7,9-10,14,17,24,27-28H,1,5,8,11-12,15-16,18-23H2,2H3/t27-,28-/m0/s1. The lowest BCUT2D eigenvalue weighted by Crippen LogP contribution is -2.56. The molecule has 2 aromatic carbocycles. The van der Waals surface area contributed by atoms with E-state index >= 15 is 0 Å². The Morgan fingerprint density at radius 3 is 2.73 bits per heavy atom. The number of nitriles is 1. The van der Waals surface area contributed by atoms with E-state index in [1.807, 2.05) is 22.9 Å². The van der Waals surface area contributed by atoms with Crippen LogP contribution >= 0.6 is 11.6 Å².